The first-order valence-corrected chi connectivity index (χ1v) is 7.64. The van der Waals surface area contributed by atoms with Crippen LogP contribution >= 0.6 is 0 Å². The third kappa shape index (κ3) is 3.42. The summed E-state index contributed by atoms with van der Waals surface area (Å²) in [6.07, 6.45) is 2.92. The van der Waals surface area contributed by atoms with Crippen LogP contribution in [0, 0.1) is 5.41 Å². The largest absolute Gasteiger partial charge is 0.481 e. The van der Waals surface area contributed by atoms with E-state index in [9.17, 15) is 13.2 Å². The van der Waals surface area contributed by atoms with Gasteiger partial charge in [-0.15, -0.1) is 0 Å². The Hall–Kier alpha value is -0.620. The SMILES string of the molecule is CCCCCS(=O)(=O)N1CCC(C)(C(=O)O)C1. The highest BCUT2D eigenvalue weighted by molar-refractivity contribution is 7.89. The monoisotopic (exact) mass is 263 g/mol. The minimum absolute atomic E-state index is 0.108. The van der Waals surface area contributed by atoms with Gasteiger partial charge in [0.25, 0.3) is 0 Å². The third-order valence-corrected chi connectivity index (χ3v) is 5.26. The predicted octanol–water partition coefficient (Wildman–Crippen LogP) is 1.30. The van der Waals surface area contributed by atoms with Crippen LogP contribution in [0.2, 0.25) is 0 Å². The summed E-state index contributed by atoms with van der Waals surface area (Å²) in [6, 6.07) is 0. The van der Waals surface area contributed by atoms with E-state index < -0.39 is 21.4 Å². The molecule has 0 aromatic rings. The molecule has 1 saturated heterocycles. The second kappa shape index (κ2) is 5.35. The summed E-state index contributed by atoms with van der Waals surface area (Å²) in [6.45, 7) is 4.06. The fourth-order valence-corrected chi connectivity index (χ4v) is 3.67. The highest BCUT2D eigenvalue weighted by Gasteiger charge is 2.44. The smallest absolute Gasteiger partial charge is 0.310 e. The minimum atomic E-state index is -3.27. The van der Waals surface area contributed by atoms with Crippen molar-refractivity contribution in [2.45, 2.75) is 39.5 Å². The molecule has 17 heavy (non-hydrogen) atoms. The van der Waals surface area contributed by atoms with Gasteiger partial charge in [0.15, 0.2) is 0 Å². The Balaban J connectivity index is 2.61. The topological polar surface area (TPSA) is 74.7 Å². The van der Waals surface area contributed by atoms with E-state index in [0.29, 0.717) is 19.4 Å². The molecule has 0 radical (unpaired) electrons. The number of unbranched alkanes of at least 4 members (excludes halogenated alkanes) is 2. The quantitative estimate of drug-likeness (QED) is 0.733. The van der Waals surface area contributed by atoms with E-state index in [-0.39, 0.29) is 12.3 Å². The fraction of sp³-hybridized carbons (Fsp3) is 0.909. The molecule has 0 aliphatic carbocycles. The minimum Gasteiger partial charge on any atom is -0.481 e. The second-order valence-electron chi connectivity index (χ2n) is 4.97. The molecule has 0 aromatic heterocycles. The summed E-state index contributed by atoms with van der Waals surface area (Å²) in [5.41, 5.74) is -0.919. The van der Waals surface area contributed by atoms with E-state index >= 15 is 0 Å². The molecule has 1 aliphatic heterocycles. The number of nitrogens with zero attached hydrogens (tertiary/aromatic N) is 1. The predicted molar refractivity (Wildman–Crippen MR) is 65.2 cm³/mol. The highest BCUT2D eigenvalue weighted by Crippen LogP contribution is 2.32. The summed E-state index contributed by atoms with van der Waals surface area (Å²) in [5.74, 6) is -0.778. The van der Waals surface area contributed by atoms with Crippen molar-refractivity contribution in [3.05, 3.63) is 0 Å². The van der Waals surface area contributed by atoms with Crippen molar-refractivity contribution in [1.29, 1.82) is 0 Å². The molecule has 0 amide bonds. The Bertz CT molecular complexity index is 379. The lowest BCUT2D eigenvalue weighted by atomic mass is 9.90. The molecule has 1 N–H and O–H groups in total. The lowest BCUT2D eigenvalue weighted by molar-refractivity contribution is -0.146. The van der Waals surface area contributed by atoms with E-state index in [0.717, 1.165) is 12.8 Å². The Labute approximate surface area is 103 Å². The van der Waals surface area contributed by atoms with Crippen molar-refractivity contribution in [3.8, 4) is 0 Å². The summed E-state index contributed by atoms with van der Waals surface area (Å²) in [5, 5.41) is 9.05. The zero-order chi connectivity index (χ0) is 13.1. The lowest BCUT2D eigenvalue weighted by Gasteiger charge is -2.19. The van der Waals surface area contributed by atoms with Gasteiger partial charge in [-0.05, 0) is 19.8 Å². The van der Waals surface area contributed by atoms with Crippen molar-refractivity contribution >= 4 is 16.0 Å². The number of carboxylic acids is 1. The Morgan fingerprint density at radius 3 is 2.53 bits per heavy atom. The summed E-state index contributed by atoms with van der Waals surface area (Å²) in [4.78, 5) is 11.0. The van der Waals surface area contributed by atoms with Gasteiger partial charge in [0.2, 0.25) is 10.0 Å². The Kier molecular flexibility index (Phi) is 4.55. The maximum absolute atomic E-state index is 12.0. The molecule has 1 atom stereocenters. The Morgan fingerprint density at radius 2 is 2.06 bits per heavy atom. The first kappa shape index (κ1) is 14.4. The van der Waals surface area contributed by atoms with Crippen LogP contribution in [0.4, 0.5) is 0 Å². The van der Waals surface area contributed by atoms with Gasteiger partial charge in [-0.2, -0.15) is 0 Å². The van der Waals surface area contributed by atoms with Crippen LogP contribution in [0.25, 0.3) is 0 Å². The first-order valence-electron chi connectivity index (χ1n) is 6.03. The number of sulfonamides is 1. The van der Waals surface area contributed by atoms with Crippen LogP contribution in [0.3, 0.4) is 0 Å². The van der Waals surface area contributed by atoms with Crippen LogP contribution in [0.15, 0.2) is 0 Å². The number of hydrogen-bond acceptors (Lipinski definition) is 3. The molecule has 1 fully saturated rings. The van der Waals surface area contributed by atoms with Crippen molar-refractivity contribution < 1.29 is 18.3 Å². The van der Waals surface area contributed by atoms with E-state index in [2.05, 4.69) is 0 Å². The summed E-state index contributed by atoms with van der Waals surface area (Å²) in [7, 11) is -3.27. The molecule has 6 heteroatoms. The van der Waals surface area contributed by atoms with Crippen LogP contribution in [0.1, 0.15) is 39.5 Å². The van der Waals surface area contributed by atoms with Gasteiger partial charge in [0, 0.05) is 13.1 Å². The van der Waals surface area contributed by atoms with Crippen LogP contribution in [-0.2, 0) is 14.8 Å². The van der Waals surface area contributed by atoms with Gasteiger partial charge in [-0.1, -0.05) is 19.8 Å². The van der Waals surface area contributed by atoms with Gasteiger partial charge < -0.3 is 5.11 Å². The average Bonchev–Trinajstić information content (AvgIpc) is 2.63. The van der Waals surface area contributed by atoms with Crippen LogP contribution in [0.5, 0.6) is 0 Å². The van der Waals surface area contributed by atoms with Gasteiger partial charge in [-0.25, -0.2) is 12.7 Å². The summed E-state index contributed by atoms with van der Waals surface area (Å²) < 4.78 is 25.2. The fourth-order valence-electron chi connectivity index (χ4n) is 1.99. The molecule has 0 saturated carbocycles. The number of hydrogen-bond donors (Lipinski definition) is 1. The van der Waals surface area contributed by atoms with Crippen LogP contribution in [-0.4, -0.2) is 42.6 Å². The van der Waals surface area contributed by atoms with Gasteiger partial charge in [0.1, 0.15) is 0 Å². The van der Waals surface area contributed by atoms with Crippen molar-refractivity contribution in [2.75, 3.05) is 18.8 Å². The van der Waals surface area contributed by atoms with E-state index in [1.165, 1.54) is 4.31 Å². The number of rotatable bonds is 6. The molecule has 0 spiro atoms. The van der Waals surface area contributed by atoms with Gasteiger partial charge in [0.05, 0.1) is 11.2 Å². The lowest BCUT2D eigenvalue weighted by Crippen LogP contribution is -2.36. The first-order chi connectivity index (χ1) is 7.82. The number of aliphatic carboxylic acids is 1. The molecular weight excluding hydrogens is 242 g/mol. The molecule has 0 aromatic carbocycles. The van der Waals surface area contributed by atoms with Crippen molar-refractivity contribution in [1.82, 2.24) is 4.31 Å². The zero-order valence-electron chi connectivity index (χ0n) is 10.5. The van der Waals surface area contributed by atoms with E-state index in [4.69, 9.17) is 5.11 Å². The number of carboxylic acid groups (broad SMARTS) is 1. The van der Waals surface area contributed by atoms with Crippen LogP contribution < -0.4 is 0 Å². The van der Waals surface area contributed by atoms with E-state index in [1.54, 1.807) is 6.92 Å². The molecule has 100 valence electrons. The third-order valence-electron chi connectivity index (χ3n) is 3.35. The average molecular weight is 263 g/mol. The molecule has 0 bridgehead atoms. The molecule has 1 unspecified atom stereocenters. The molecular formula is C11H21NO4S. The summed E-state index contributed by atoms with van der Waals surface area (Å²) >= 11 is 0. The standard InChI is InChI=1S/C11H21NO4S/c1-3-4-5-8-17(15,16)12-7-6-11(2,9-12)10(13)14/h3-9H2,1-2H3,(H,13,14). The molecule has 1 rings (SSSR count). The van der Waals surface area contributed by atoms with Crippen molar-refractivity contribution in [3.63, 3.8) is 0 Å². The highest BCUT2D eigenvalue weighted by atomic mass is 32.2. The maximum atomic E-state index is 12.0. The van der Waals surface area contributed by atoms with E-state index in [1.807, 2.05) is 6.92 Å². The molecule has 5 nitrogen and oxygen atoms in total. The van der Waals surface area contributed by atoms with Gasteiger partial charge in [-0.3, -0.25) is 4.79 Å². The normalized spacial score (nSPS) is 26.2. The molecule has 1 heterocycles. The zero-order valence-corrected chi connectivity index (χ0v) is 11.3. The van der Waals surface area contributed by atoms with Gasteiger partial charge >= 0.3 is 5.97 Å². The number of carbonyl (C=O) groups is 1. The Morgan fingerprint density at radius 1 is 1.41 bits per heavy atom. The van der Waals surface area contributed by atoms with Crippen molar-refractivity contribution in [2.24, 2.45) is 5.41 Å². The second-order valence-corrected chi connectivity index (χ2v) is 7.06. The maximum Gasteiger partial charge on any atom is 0.310 e. The molecule has 1 aliphatic rings.